The van der Waals surface area contributed by atoms with Crippen LogP contribution in [0.25, 0.3) is 0 Å². The number of hydrazone groups is 1. The van der Waals surface area contributed by atoms with E-state index >= 15 is 0 Å². The molecule has 0 bridgehead atoms. The zero-order valence-corrected chi connectivity index (χ0v) is 17.1. The molecule has 0 saturated carbocycles. The molecule has 27 heavy (non-hydrogen) atoms. The molecule has 2 rings (SSSR count). The summed E-state index contributed by atoms with van der Waals surface area (Å²) >= 11 is 17.6. The highest BCUT2D eigenvalue weighted by Crippen LogP contribution is 2.29. The van der Waals surface area contributed by atoms with Gasteiger partial charge in [0.1, 0.15) is 5.75 Å². The third kappa shape index (κ3) is 6.31. The lowest BCUT2D eigenvalue weighted by molar-refractivity contribution is 0.0955. The minimum Gasteiger partial charge on any atom is -0.495 e. The molecule has 0 aliphatic carbocycles. The van der Waals surface area contributed by atoms with Gasteiger partial charge in [0.2, 0.25) is 0 Å². The fraction of sp³-hybridized carbons (Fsp3) is 0.263. The number of alkyl halides is 2. The van der Waals surface area contributed by atoms with Crippen LogP contribution in [0.15, 0.2) is 47.6 Å². The first-order chi connectivity index (χ1) is 13.1. The lowest BCUT2D eigenvalue weighted by Gasteiger charge is -2.25. The summed E-state index contributed by atoms with van der Waals surface area (Å²) in [6.45, 7) is 1.32. The Morgan fingerprint density at radius 1 is 1.19 bits per heavy atom. The van der Waals surface area contributed by atoms with Crippen LogP contribution in [0.2, 0.25) is 5.02 Å². The molecule has 0 atom stereocenters. The van der Waals surface area contributed by atoms with Gasteiger partial charge in [-0.2, -0.15) is 5.10 Å². The summed E-state index contributed by atoms with van der Waals surface area (Å²) in [4.78, 5) is 14.1. The Labute approximate surface area is 173 Å². The van der Waals surface area contributed by atoms with Crippen LogP contribution in [0.5, 0.6) is 5.75 Å². The first-order valence-electron chi connectivity index (χ1n) is 8.23. The monoisotopic (exact) mass is 427 g/mol. The second kappa shape index (κ2) is 11.0. The van der Waals surface area contributed by atoms with Gasteiger partial charge < -0.3 is 9.64 Å². The molecular weight excluding hydrogens is 409 g/mol. The van der Waals surface area contributed by atoms with Gasteiger partial charge in [0.15, 0.2) is 0 Å². The third-order valence-corrected chi connectivity index (χ3v) is 4.29. The number of nitrogens with one attached hydrogen (secondary N) is 1. The molecule has 0 aliphatic heterocycles. The Morgan fingerprint density at radius 2 is 1.93 bits per heavy atom. The summed E-state index contributed by atoms with van der Waals surface area (Å²) in [7, 11) is 1.60. The van der Waals surface area contributed by atoms with Crippen LogP contribution in [-0.4, -0.2) is 44.1 Å². The Hall–Kier alpha value is -1.95. The lowest BCUT2D eigenvalue weighted by Crippen LogP contribution is -2.28. The first kappa shape index (κ1) is 21.4. The average molecular weight is 429 g/mol. The fourth-order valence-electron chi connectivity index (χ4n) is 2.45. The fourth-order valence-corrected chi connectivity index (χ4v) is 3.05. The highest BCUT2D eigenvalue weighted by atomic mass is 35.5. The normalized spacial score (nSPS) is 10.8. The van der Waals surface area contributed by atoms with Crippen molar-refractivity contribution in [1.82, 2.24) is 5.43 Å². The number of carbonyl (C=O) groups is 1. The van der Waals surface area contributed by atoms with Crippen molar-refractivity contribution in [2.75, 3.05) is 36.9 Å². The maximum atomic E-state index is 12.1. The second-order valence-electron chi connectivity index (χ2n) is 5.51. The standard InChI is InChI=1S/C19H20Cl3N3O2/c1-27-18-11-14(5-6-17(18)25(9-7-20)10-8-21)13-23-24-19(26)15-3-2-4-16(22)12-15/h2-6,11-13H,7-10H2,1H3,(H,24,26)/b23-13-. The van der Waals surface area contributed by atoms with Crippen molar-refractivity contribution in [3.05, 3.63) is 58.6 Å². The van der Waals surface area contributed by atoms with Crippen molar-refractivity contribution in [3.63, 3.8) is 0 Å². The maximum absolute atomic E-state index is 12.1. The maximum Gasteiger partial charge on any atom is 0.271 e. The SMILES string of the molecule is COc1cc(/C=N\NC(=O)c2cccc(Cl)c2)ccc1N(CCCl)CCCl. The smallest absolute Gasteiger partial charge is 0.271 e. The number of halogens is 3. The van der Waals surface area contributed by atoms with Gasteiger partial charge in [0, 0.05) is 35.4 Å². The molecule has 144 valence electrons. The van der Waals surface area contributed by atoms with Gasteiger partial charge in [-0.15, -0.1) is 23.2 Å². The van der Waals surface area contributed by atoms with Crippen LogP contribution in [0.4, 0.5) is 5.69 Å². The van der Waals surface area contributed by atoms with Gasteiger partial charge in [-0.25, -0.2) is 5.43 Å². The molecule has 5 nitrogen and oxygen atoms in total. The van der Waals surface area contributed by atoms with Crippen LogP contribution in [0, 0.1) is 0 Å². The van der Waals surface area contributed by atoms with Gasteiger partial charge in [0.05, 0.1) is 19.0 Å². The van der Waals surface area contributed by atoms with E-state index in [1.807, 2.05) is 18.2 Å². The Morgan fingerprint density at radius 3 is 2.56 bits per heavy atom. The van der Waals surface area contributed by atoms with Crippen molar-refractivity contribution in [2.24, 2.45) is 5.10 Å². The van der Waals surface area contributed by atoms with Gasteiger partial charge >= 0.3 is 0 Å². The van der Waals surface area contributed by atoms with Crippen LogP contribution < -0.4 is 15.1 Å². The lowest BCUT2D eigenvalue weighted by atomic mass is 10.2. The number of methoxy groups -OCH3 is 1. The molecule has 0 heterocycles. The quantitative estimate of drug-likeness (QED) is 0.366. The summed E-state index contributed by atoms with van der Waals surface area (Å²) in [5, 5.41) is 4.48. The minimum absolute atomic E-state index is 0.340. The molecule has 8 heteroatoms. The molecule has 1 amide bonds. The van der Waals surface area contributed by atoms with E-state index < -0.39 is 0 Å². The Kier molecular flexibility index (Phi) is 8.72. The minimum atomic E-state index is -0.340. The number of rotatable bonds is 9. The summed E-state index contributed by atoms with van der Waals surface area (Å²) in [6, 6.07) is 12.3. The van der Waals surface area contributed by atoms with Crippen molar-refractivity contribution in [1.29, 1.82) is 0 Å². The van der Waals surface area contributed by atoms with Crippen molar-refractivity contribution < 1.29 is 9.53 Å². The molecule has 2 aromatic carbocycles. The Bertz CT molecular complexity index is 794. The number of hydrogen-bond acceptors (Lipinski definition) is 4. The number of hydrogen-bond donors (Lipinski definition) is 1. The zero-order chi connectivity index (χ0) is 19.6. The largest absolute Gasteiger partial charge is 0.495 e. The number of ether oxygens (including phenoxy) is 1. The number of anilines is 1. The molecule has 0 aromatic heterocycles. The number of benzene rings is 2. The average Bonchev–Trinajstić information content (AvgIpc) is 2.67. The van der Waals surface area contributed by atoms with E-state index in [4.69, 9.17) is 39.5 Å². The molecule has 0 aliphatic rings. The molecule has 2 aromatic rings. The zero-order valence-electron chi connectivity index (χ0n) is 14.8. The van der Waals surface area contributed by atoms with E-state index in [2.05, 4.69) is 15.4 Å². The van der Waals surface area contributed by atoms with Gasteiger partial charge in [0.25, 0.3) is 5.91 Å². The van der Waals surface area contributed by atoms with Gasteiger partial charge in [-0.3, -0.25) is 4.79 Å². The van der Waals surface area contributed by atoms with Crippen molar-refractivity contribution in [3.8, 4) is 5.75 Å². The van der Waals surface area contributed by atoms with E-state index in [0.717, 1.165) is 11.3 Å². The van der Waals surface area contributed by atoms with Crippen molar-refractivity contribution in [2.45, 2.75) is 0 Å². The number of carbonyl (C=O) groups excluding carboxylic acids is 1. The molecule has 0 spiro atoms. The first-order valence-corrected chi connectivity index (χ1v) is 9.67. The molecule has 0 radical (unpaired) electrons. The van der Waals surface area contributed by atoms with Crippen LogP contribution in [-0.2, 0) is 0 Å². The summed E-state index contributed by atoms with van der Waals surface area (Å²) in [5.74, 6) is 1.31. The van der Waals surface area contributed by atoms with E-state index in [-0.39, 0.29) is 5.91 Å². The second-order valence-corrected chi connectivity index (χ2v) is 6.70. The molecule has 0 saturated heterocycles. The van der Waals surface area contributed by atoms with Crippen LogP contribution >= 0.6 is 34.8 Å². The molecule has 0 unspecified atom stereocenters. The van der Waals surface area contributed by atoms with E-state index in [0.29, 0.717) is 41.2 Å². The number of nitrogens with zero attached hydrogens (tertiary/aromatic N) is 2. The highest BCUT2D eigenvalue weighted by Gasteiger charge is 2.12. The predicted molar refractivity (Wildman–Crippen MR) is 113 cm³/mol. The van der Waals surface area contributed by atoms with Crippen LogP contribution in [0.1, 0.15) is 15.9 Å². The Balaban J connectivity index is 2.10. The summed E-state index contributed by atoms with van der Waals surface area (Å²) < 4.78 is 5.48. The number of amides is 1. The molecule has 0 fully saturated rings. The molecular formula is C19H20Cl3N3O2. The molecule has 1 N–H and O–H groups in total. The highest BCUT2D eigenvalue weighted by molar-refractivity contribution is 6.31. The van der Waals surface area contributed by atoms with E-state index in [9.17, 15) is 4.79 Å². The predicted octanol–water partition coefficient (Wildman–Crippen LogP) is 4.40. The van der Waals surface area contributed by atoms with Gasteiger partial charge in [-0.1, -0.05) is 23.7 Å². The van der Waals surface area contributed by atoms with Crippen LogP contribution in [0.3, 0.4) is 0 Å². The van der Waals surface area contributed by atoms with Gasteiger partial charge in [-0.05, 0) is 35.9 Å². The van der Waals surface area contributed by atoms with E-state index in [1.165, 1.54) is 0 Å². The topological polar surface area (TPSA) is 53.9 Å². The van der Waals surface area contributed by atoms with Crippen molar-refractivity contribution >= 4 is 52.6 Å². The third-order valence-electron chi connectivity index (χ3n) is 3.72. The summed E-state index contributed by atoms with van der Waals surface area (Å²) in [6.07, 6.45) is 1.54. The summed E-state index contributed by atoms with van der Waals surface area (Å²) in [5.41, 5.74) is 4.59. The van der Waals surface area contributed by atoms with E-state index in [1.54, 1.807) is 37.6 Å².